The number of hydrogen-bond acceptors (Lipinski definition) is 7. The molecule has 3 heterocycles. The summed E-state index contributed by atoms with van der Waals surface area (Å²) in [6.45, 7) is 1.67. The van der Waals surface area contributed by atoms with Gasteiger partial charge in [0.25, 0.3) is 0 Å². The van der Waals surface area contributed by atoms with Crippen molar-refractivity contribution >= 4 is 11.5 Å². The minimum absolute atomic E-state index is 0.174. The van der Waals surface area contributed by atoms with E-state index in [4.69, 9.17) is 15.5 Å². The predicted molar refractivity (Wildman–Crippen MR) is 117 cm³/mol. The van der Waals surface area contributed by atoms with Gasteiger partial charge in [-0.3, -0.25) is 0 Å². The Labute approximate surface area is 184 Å². The molecule has 1 aromatic carbocycles. The molecule has 164 valence electrons. The van der Waals surface area contributed by atoms with Crippen LogP contribution in [0.5, 0.6) is 11.8 Å². The van der Waals surface area contributed by atoms with E-state index < -0.39 is 0 Å². The van der Waals surface area contributed by atoms with E-state index in [2.05, 4.69) is 15.2 Å². The third kappa shape index (κ3) is 2.96. The van der Waals surface area contributed by atoms with Crippen molar-refractivity contribution in [1.29, 1.82) is 0 Å². The average molecular weight is 434 g/mol. The summed E-state index contributed by atoms with van der Waals surface area (Å²) in [4.78, 5) is 11.6. The van der Waals surface area contributed by atoms with E-state index in [1.807, 2.05) is 0 Å². The maximum absolute atomic E-state index is 14.4. The molecule has 8 nitrogen and oxygen atoms in total. The van der Waals surface area contributed by atoms with E-state index in [1.165, 1.54) is 18.5 Å². The first kappa shape index (κ1) is 19.2. The van der Waals surface area contributed by atoms with E-state index in [-0.39, 0.29) is 17.9 Å². The average Bonchev–Trinajstić information content (AvgIpc) is 3.30. The van der Waals surface area contributed by atoms with Crippen LogP contribution in [0, 0.1) is 22.9 Å². The fourth-order valence-corrected chi connectivity index (χ4v) is 5.32. The molecule has 3 aromatic rings. The molecule has 9 heteroatoms. The number of rotatable bonds is 4. The number of nitrogens with zero attached hydrogens (tertiary/aromatic N) is 4. The van der Waals surface area contributed by atoms with E-state index in [0.717, 1.165) is 53.4 Å². The summed E-state index contributed by atoms with van der Waals surface area (Å²) in [6, 6.07) is 6.74. The molecule has 6 rings (SSSR count). The van der Waals surface area contributed by atoms with Gasteiger partial charge in [0.15, 0.2) is 11.9 Å². The minimum Gasteiger partial charge on any atom is -0.619 e. The zero-order valence-corrected chi connectivity index (χ0v) is 17.6. The first-order chi connectivity index (χ1) is 15.5. The second-order valence-corrected chi connectivity index (χ2v) is 8.79. The molecular weight excluding hydrogens is 411 g/mol. The molecule has 0 bridgehead atoms. The lowest BCUT2D eigenvalue weighted by atomic mass is 9.72. The Morgan fingerprint density at radius 1 is 1.31 bits per heavy atom. The molecule has 3 aliphatic rings. The molecule has 0 spiro atoms. The highest BCUT2D eigenvalue weighted by atomic mass is 19.1. The van der Waals surface area contributed by atoms with Crippen LogP contribution in [-0.2, 0) is 6.42 Å². The molecular formula is C23H23FN6O2. The Balaban J connectivity index is 1.47. The molecule has 0 amide bonds. The minimum atomic E-state index is -0.306. The molecule has 3 N–H and O–H groups in total. The monoisotopic (exact) mass is 434 g/mol. The second kappa shape index (κ2) is 7.03. The van der Waals surface area contributed by atoms with Gasteiger partial charge in [-0.25, -0.2) is 4.39 Å². The van der Waals surface area contributed by atoms with Crippen LogP contribution in [0.15, 0.2) is 36.7 Å². The molecule has 2 aliphatic carbocycles. The highest BCUT2D eigenvalue weighted by molar-refractivity contribution is 5.88. The van der Waals surface area contributed by atoms with Crippen molar-refractivity contribution in [2.45, 2.75) is 18.9 Å². The standard InChI is InChI=1S/C23H23FN6O2/c1-26-19-7-13(24)6-16-15(19)8-20-21(16)22(29-9-12-5-18(25)17(12)11-29)28-23(27-20)32-14-3-2-4-30(31)10-14/h2-4,6-7,10,12,17-18,26H,5,8-9,11,25H2,1H3/t12?,17?,18-/m1/s1. The van der Waals surface area contributed by atoms with Crippen molar-refractivity contribution in [3.05, 3.63) is 58.9 Å². The number of fused-ring (bicyclic) bond motifs is 4. The smallest absolute Gasteiger partial charge is 0.324 e. The van der Waals surface area contributed by atoms with Gasteiger partial charge in [-0.15, -0.1) is 0 Å². The summed E-state index contributed by atoms with van der Waals surface area (Å²) >= 11 is 0. The zero-order valence-electron chi connectivity index (χ0n) is 17.6. The predicted octanol–water partition coefficient (Wildman–Crippen LogP) is 2.44. The maximum Gasteiger partial charge on any atom is 0.324 e. The summed E-state index contributed by atoms with van der Waals surface area (Å²) < 4.78 is 21.0. The van der Waals surface area contributed by atoms with Gasteiger partial charge in [-0.05, 0) is 47.6 Å². The molecule has 1 saturated heterocycles. The summed E-state index contributed by atoms with van der Waals surface area (Å²) in [7, 11) is 1.78. The summed E-state index contributed by atoms with van der Waals surface area (Å²) in [6.07, 6.45) is 4.27. The lowest BCUT2D eigenvalue weighted by Gasteiger charge is -2.36. The van der Waals surface area contributed by atoms with Gasteiger partial charge in [0.2, 0.25) is 6.20 Å². The van der Waals surface area contributed by atoms with E-state index in [9.17, 15) is 9.60 Å². The van der Waals surface area contributed by atoms with Gasteiger partial charge >= 0.3 is 6.01 Å². The Bertz CT molecular complexity index is 1240. The van der Waals surface area contributed by atoms with Gasteiger partial charge in [0, 0.05) is 49.9 Å². The van der Waals surface area contributed by atoms with Crippen LogP contribution in [0.1, 0.15) is 17.7 Å². The lowest BCUT2D eigenvalue weighted by molar-refractivity contribution is -0.605. The van der Waals surface area contributed by atoms with Crippen LogP contribution in [0.3, 0.4) is 0 Å². The molecule has 1 aliphatic heterocycles. The topological polar surface area (TPSA) is 103 Å². The number of nitrogens with two attached hydrogens (primary N) is 1. The Morgan fingerprint density at radius 2 is 2.19 bits per heavy atom. The molecule has 1 saturated carbocycles. The number of pyridine rings is 1. The summed E-state index contributed by atoms with van der Waals surface area (Å²) in [5.74, 6) is 1.79. The fourth-order valence-electron chi connectivity index (χ4n) is 5.32. The number of hydrogen-bond donors (Lipinski definition) is 2. The Hall–Kier alpha value is -3.46. The quantitative estimate of drug-likeness (QED) is 0.376. The number of nitrogens with one attached hydrogen (secondary N) is 1. The molecule has 0 radical (unpaired) electrons. The largest absolute Gasteiger partial charge is 0.619 e. The normalized spacial score (nSPS) is 22.7. The van der Waals surface area contributed by atoms with Crippen LogP contribution in [0.25, 0.3) is 11.1 Å². The van der Waals surface area contributed by atoms with Gasteiger partial charge in [0.05, 0.1) is 5.69 Å². The molecule has 3 atom stereocenters. The van der Waals surface area contributed by atoms with Gasteiger partial charge in [-0.2, -0.15) is 14.7 Å². The van der Waals surface area contributed by atoms with Crippen molar-refractivity contribution in [2.24, 2.45) is 17.6 Å². The number of anilines is 2. The van der Waals surface area contributed by atoms with Gasteiger partial charge in [0.1, 0.15) is 11.6 Å². The highest BCUT2D eigenvalue weighted by Gasteiger charge is 2.46. The van der Waals surface area contributed by atoms with Crippen molar-refractivity contribution in [3.63, 3.8) is 0 Å². The van der Waals surface area contributed by atoms with Crippen molar-refractivity contribution in [3.8, 4) is 22.9 Å². The molecule has 32 heavy (non-hydrogen) atoms. The Morgan fingerprint density at radius 3 is 2.94 bits per heavy atom. The van der Waals surface area contributed by atoms with E-state index >= 15 is 0 Å². The Kier molecular flexibility index (Phi) is 4.23. The van der Waals surface area contributed by atoms with Gasteiger partial charge < -0.3 is 25.9 Å². The molecule has 2 aromatic heterocycles. The van der Waals surface area contributed by atoms with Crippen LogP contribution in [0.4, 0.5) is 15.9 Å². The third-order valence-corrected chi connectivity index (χ3v) is 6.92. The zero-order chi connectivity index (χ0) is 22.0. The number of ether oxygens (including phenoxy) is 1. The second-order valence-electron chi connectivity index (χ2n) is 8.79. The molecule has 2 fully saturated rings. The summed E-state index contributed by atoms with van der Waals surface area (Å²) in [5, 5.41) is 14.7. The highest BCUT2D eigenvalue weighted by Crippen LogP contribution is 2.48. The van der Waals surface area contributed by atoms with Crippen molar-refractivity contribution in [1.82, 2.24) is 9.97 Å². The van der Waals surface area contributed by atoms with Gasteiger partial charge in [-0.1, -0.05) is 0 Å². The SMILES string of the molecule is CNc1cc(F)cc2c1Cc1nc(Oc3ccc[n+]([O-])c3)nc(N3CC4C[C@@H](N)C4C3)c1-2. The van der Waals surface area contributed by atoms with Crippen molar-refractivity contribution < 1.29 is 13.9 Å². The van der Waals surface area contributed by atoms with Crippen LogP contribution in [-0.4, -0.2) is 36.1 Å². The van der Waals surface area contributed by atoms with Crippen molar-refractivity contribution in [2.75, 3.05) is 30.4 Å². The maximum atomic E-state index is 14.4. The van der Waals surface area contributed by atoms with E-state index in [1.54, 1.807) is 25.2 Å². The van der Waals surface area contributed by atoms with E-state index in [0.29, 0.717) is 28.7 Å². The van der Waals surface area contributed by atoms with Crippen LogP contribution >= 0.6 is 0 Å². The fraction of sp³-hybridized carbons (Fsp3) is 0.348. The number of benzene rings is 1. The summed E-state index contributed by atoms with van der Waals surface area (Å²) in [5.41, 5.74) is 10.4. The first-order valence-corrected chi connectivity index (χ1v) is 10.8. The third-order valence-electron chi connectivity index (χ3n) is 6.92. The first-order valence-electron chi connectivity index (χ1n) is 10.8. The van der Waals surface area contributed by atoms with Crippen LogP contribution in [0.2, 0.25) is 0 Å². The van der Waals surface area contributed by atoms with Crippen LogP contribution < -0.4 is 25.4 Å². The number of aromatic nitrogens is 3. The number of halogens is 1. The molecule has 2 unspecified atom stereocenters. The lowest BCUT2D eigenvalue weighted by Crippen LogP contribution is -2.46.